The van der Waals surface area contributed by atoms with Crippen LogP contribution in [0, 0.1) is 6.92 Å². The minimum atomic E-state index is -0.327. The molecule has 6 heteroatoms. The fourth-order valence-corrected chi connectivity index (χ4v) is 1.75. The van der Waals surface area contributed by atoms with Crippen molar-refractivity contribution in [1.82, 2.24) is 5.43 Å². The Kier molecular flexibility index (Phi) is 4.61. The number of methoxy groups -OCH3 is 2. The Morgan fingerprint density at radius 3 is 2.43 bits per heavy atom. The maximum Gasteiger partial charge on any atom is 0.274 e. The first-order valence-corrected chi connectivity index (χ1v) is 6.24. The molecule has 0 fully saturated rings. The van der Waals surface area contributed by atoms with E-state index in [0.29, 0.717) is 22.8 Å². The highest BCUT2D eigenvalue weighted by Crippen LogP contribution is 2.21. The lowest BCUT2D eigenvalue weighted by molar-refractivity contribution is 0.0953. The maximum atomic E-state index is 11.8. The van der Waals surface area contributed by atoms with Crippen LogP contribution in [0.25, 0.3) is 0 Å². The van der Waals surface area contributed by atoms with E-state index in [0.717, 1.165) is 5.56 Å². The molecule has 0 radical (unpaired) electrons. The molecule has 0 bridgehead atoms. The molecular formula is C15H16N2O4. The van der Waals surface area contributed by atoms with Gasteiger partial charge in [-0.3, -0.25) is 4.79 Å². The van der Waals surface area contributed by atoms with Gasteiger partial charge in [0, 0.05) is 11.6 Å². The number of ether oxygens (including phenoxy) is 2. The highest BCUT2D eigenvalue weighted by molar-refractivity contribution is 5.95. The van der Waals surface area contributed by atoms with E-state index in [1.165, 1.54) is 12.5 Å². The van der Waals surface area contributed by atoms with Gasteiger partial charge in [0.1, 0.15) is 17.3 Å². The summed E-state index contributed by atoms with van der Waals surface area (Å²) in [5.74, 6) is 1.51. The molecule has 0 aliphatic heterocycles. The van der Waals surface area contributed by atoms with Crippen molar-refractivity contribution < 1.29 is 18.7 Å². The molecule has 1 aromatic carbocycles. The van der Waals surface area contributed by atoms with Gasteiger partial charge in [0.2, 0.25) is 0 Å². The summed E-state index contributed by atoms with van der Waals surface area (Å²) in [5.41, 5.74) is 3.64. The van der Waals surface area contributed by atoms with Crippen LogP contribution in [0.1, 0.15) is 21.7 Å². The van der Waals surface area contributed by atoms with Gasteiger partial charge in [0.15, 0.2) is 0 Å². The van der Waals surface area contributed by atoms with Gasteiger partial charge in [-0.1, -0.05) is 0 Å². The monoisotopic (exact) mass is 288 g/mol. The summed E-state index contributed by atoms with van der Waals surface area (Å²) >= 11 is 0. The quantitative estimate of drug-likeness (QED) is 0.677. The number of carbonyl (C=O) groups is 1. The first kappa shape index (κ1) is 14.6. The summed E-state index contributed by atoms with van der Waals surface area (Å²) in [6.45, 7) is 1.71. The summed E-state index contributed by atoms with van der Waals surface area (Å²) in [6, 6.07) is 6.90. The third kappa shape index (κ3) is 3.62. The fraction of sp³-hybridized carbons (Fsp3) is 0.200. The SMILES string of the molecule is COc1cc(/C=N\NC(=O)c2ccoc2C)cc(OC)c1. The molecule has 0 saturated heterocycles. The van der Waals surface area contributed by atoms with Crippen LogP contribution >= 0.6 is 0 Å². The van der Waals surface area contributed by atoms with Crippen molar-refractivity contribution >= 4 is 12.1 Å². The molecule has 0 atom stereocenters. The predicted molar refractivity (Wildman–Crippen MR) is 78.1 cm³/mol. The van der Waals surface area contributed by atoms with Gasteiger partial charge in [0.25, 0.3) is 5.91 Å². The Morgan fingerprint density at radius 1 is 1.24 bits per heavy atom. The average molecular weight is 288 g/mol. The molecule has 1 N–H and O–H groups in total. The van der Waals surface area contributed by atoms with Crippen molar-refractivity contribution in [3.05, 3.63) is 47.4 Å². The second-order valence-corrected chi connectivity index (χ2v) is 4.24. The van der Waals surface area contributed by atoms with Crippen LogP contribution in [0.4, 0.5) is 0 Å². The minimum absolute atomic E-state index is 0.327. The van der Waals surface area contributed by atoms with E-state index in [1.807, 2.05) is 0 Å². The van der Waals surface area contributed by atoms with Crippen LogP contribution in [-0.2, 0) is 0 Å². The summed E-state index contributed by atoms with van der Waals surface area (Å²) < 4.78 is 15.4. The maximum absolute atomic E-state index is 11.8. The molecule has 0 aliphatic rings. The van der Waals surface area contributed by atoms with Crippen LogP contribution in [0.15, 0.2) is 40.0 Å². The largest absolute Gasteiger partial charge is 0.497 e. The Labute approximate surface area is 122 Å². The van der Waals surface area contributed by atoms with Crippen LogP contribution in [0.3, 0.4) is 0 Å². The average Bonchev–Trinajstić information content (AvgIpc) is 2.93. The zero-order chi connectivity index (χ0) is 15.2. The third-order valence-corrected chi connectivity index (χ3v) is 2.86. The standard InChI is InChI=1S/C15H16N2O4/c1-10-14(4-5-21-10)15(18)17-16-9-11-6-12(19-2)8-13(7-11)20-3/h4-9H,1-3H3,(H,17,18)/b16-9-. The highest BCUT2D eigenvalue weighted by atomic mass is 16.5. The number of nitrogens with one attached hydrogen (secondary N) is 1. The molecule has 0 aliphatic carbocycles. The molecule has 6 nitrogen and oxygen atoms in total. The molecule has 0 unspecified atom stereocenters. The number of nitrogens with zero attached hydrogens (tertiary/aromatic N) is 1. The van der Waals surface area contributed by atoms with Crippen molar-refractivity contribution in [2.75, 3.05) is 14.2 Å². The van der Waals surface area contributed by atoms with Crippen LogP contribution in [-0.4, -0.2) is 26.3 Å². The topological polar surface area (TPSA) is 73.1 Å². The predicted octanol–water partition coefficient (Wildman–Crippen LogP) is 2.37. The van der Waals surface area contributed by atoms with Gasteiger partial charge >= 0.3 is 0 Å². The Bertz CT molecular complexity index is 639. The van der Waals surface area contributed by atoms with E-state index < -0.39 is 0 Å². The Morgan fingerprint density at radius 2 is 1.90 bits per heavy atom. The normalized spacial score (nSPS) is 10.6. The lowest BCUT2D eigenvalue weighted by Gasteiger charge is -2.05. The number of furan rings is 1. The second-order valence-electron chi connectivity index (χ2n) is 4.24. The van der Waals surface area contributed by atoms with Crippen LogP contribution < -0.4 is 14.9 Å². The van der Waals surface area contributed by atoms with Crippen molar-refractivity contribution in [2.24, 2.45) is 5.10 Å². The number of benzene rings is 1. The van der Waals surface area contributed by atoms with E-state index in [-0.39, 0.29) is 5.91 Å². The van der Waals surface area contributed by atoms with Crippen molar-refractivity contribution in [3.63, 3.8) is 0 Å². The highest BCUT2D eigenvalue weighted by Gasteiger charge is 2.09. The van der Waals surface area contributed by atoms with Crippen LogP contribution in [0.5, 0.6) is 11.5 Å². The van der Waals surface area contributed by atoms with Crippen molar-refractivity contribution in [2.45, 2.75) is 6.92 Å². The lowest BCUT2D eigenvalue weighted by atomic mass is 10.2. The third-order valence-electron chi connectivity index (χ3n) is 2.86. The molecular weight excluding hydrogens is 272 g/mol. The van der Waals surface area contributed by atoms with Crippen molar-refractivity contribution in [1.29, 1.82) is 0 Å². The number of rotatable bonds is 5. The van der Waals surface area contributed by atoms with E-state index >= 15 is 0 Å². The lowest BCUT2D eigenvalue weighted by Crippen LogP contribution is -2.17. The first-order chi connectivity index (χ1) is 10.1. The molecule has 1 amide bonds. The van der Waals surface area contributed by atoms with Crippen molar-refractivity contribution in [3.8, 4) is 11.5 Å². The minimum Gasteiger partial charge on any atom is -0.497 e. The van der Waals surface area contributed by atoms with Gasteiger partial charge in [-0.2, -0.15) is 5.10 Å². The molecule has 0 spiro atoms. The second kappa shape index (κ2) is 6.60. The summed E-state index contributed by atoms with van der Waals surface area (Å²) in [6.07, 6.45) is 2.97. The number of amides is 1. The smallest absolute Gasteiger partial charge is 0.274 e. The first-order valence-electron chi connectivity index (χ1n) is 6.24. The summed E-state index contributed by atoms with van der Waals surface area (Å²) in [5, 5.41) is 3.91. The molecule has 1 aromatic heterocycles. The fourth-order valence-electron chi connectivity index (χ4n) is 1.75. The molecule has 110 valence electrons. The van der Waals surface area contributed by atoms with Gasteiger partial charge in [-0.15, -0.1) is 0 Å². The number of hydrogen-bond acceptors (Lipinski definition) is 5. The summed E-state index contributed by atoms with van der Waals surface area (Å²) in [7, 11) is 3.14. The van der Waals surface area contributed by atoms with Crippen LogP contribution in [0.2, 0.25) is 0 Å². The number of carbonyl (C=O) groups excluding carboxylic acids is 1. The Hall–Kier alpha value is -2.76. The van der Waals surface area contributed by atoms with Gasteiger partial charge in [-0.25, -0.2) is 5.43 Å². The number of aryl methyl sites for hydroxylation is 1. The molecule has 1 heterocycles. The molecule has 21 heavy (non-hydrogen) atoms. The van der Waals surface area contributed by atoms with E-state index in [2.05, 4.69) is 10.5 Å². The molecule has 2 aromatic rings. The van der Waals surface area contributed by atoms with Gasteiger partial charge in [0.05, 0.1) is 32.3 Å². The van der Waals surface area contributed by atoms with E-state index in [4.69, 9.17) is 13.9 Å². The molecule has 2 rings (SSSR count). The molecule has 0 saturated carbocycles. The number of hydrazone groups is 1. The number of hydrogen-bond donors (Lipinski definition) is 1. The zero-order valence-corrected chi connectivity index (χ0v) is 12.0. The van der Waals surface area contributed by atoms with E-state index in [9.17, 15) is 4.79 Å². The van der Waals surface area contributed by atoms with Gasteiger partial charge in [-0.05, 0) is 25.1 Å². The Balaban J connectivity index is 2.07. The zero-order valence-electron chi connectivity index (χ0n) is 12.0. The summed E-state index contributed by atoms with van der Waals surface area (Å²) in [4.78, 5) is 11.8. The van der Waals surface area contributed by atoms with E-state index in [1.54, 1.807) is 45.4 Å². The van der Waals surface area contributed by atoms with Gasteiger partial charge < -0.3 is 13.9 Å².